The SMILES string of the molecule is O=C1CCC(N2Cc3cc(C4CCN(Cc5cnc6n5CCOC6)CC4)c(F)cc3C2=O)C(=O)N1. The standard InChI is InChI=1S/C25H28FN5O4/c26-20-10-19-16(12-31(25(19)34)21-1-2-23(32)28-24(21)33)9-18(20)15-3-5-29(6-4-15)13-17-11-27-22-14-35-8-7-30(17)22/h9-11,15,21H,1-8,12-14H2,(H,28,32,33). The molecule has 1 aromatic heterocycles. The molecule has 0 radical (unpaired) electrons. The Bertz CT molecular complexity index is 1200. The van der Waals surface area contributed by atoms with Crippen molar-refractivity contribution in [2.75, 3.05) is 19.7 Å². The minimum absolute atomic E-state index is 0.0871. The number of nitrogens with zero attached hydrogens (tertiary/aromatic N) is 4. The number of benzene rings is 1. The average molecular weight is 482 g/mol. The van der Waals surface area contributed by atoms with Crippen molar-refractivity contribution in [2.24, 2.45) is 0 Å². The van der Waals surface area contributed by atoms with Crippen LogP contribution in [0, 0.1) is 5.82 Å². The number of fused-ring (bicyclic) bond motifs is 2. The van der Waals surface area contributed by atoms with E-state index in [9.17, 15) is 14.4 Å². The Morgan fingerprint density at radius 2 is 1.94 bits per heavy atom. The van der Waals surface area contributed by atoms with Crippen LogP contribution in [-0.2, 0) is 40.6 Å². The molecule has 5 heterocycles. The molecule has 0 aliphatic carbocycles. The highest BCUT2D eigenvalue weighted by atomic mass is 19.1. The second-order valence-electron chi connectivity index (χ2n) is 9.85. The predicted octanol–water partition coefficient (Wildman–Crippen LogP) is 1.69. The lowest BCUT2D eigenvalue weighted by Gasteiger charge is -2.32. The molecule has 4 aliphatic heterocycles. The minimum Gasteiger partial charge on any atom is -0.372 e. The molecular weight excluding hydrogens is 453 g/mol. The normalized spacial score (nSPS) is 23.4. The number of imidazole rings is 1. The van der Waals surface area contributed by atoms with Gasteiger partial charge in [0.05, 0.1) is 12.3 Å². The number of likely N-dealkylation sites (tertiary alicyclic amines) is 1. The van der Waals surface area contributed by atoms with Crippen molar-refractivity contribution in [3.63, 3.8) is 0 Å². The Morgan fingerprint density at radius 1 is 1.11 bits per heavy atom. The van der Waals surface area contributed by atoms with E-state index in [0.717, 1.165) is 50.4 Å². The van der Waals surface area contributed by atoms with Crippen LogP contribution in [0.4, 0.5) is 4.39 Å². The van der Waals surface area contributed by atoms with Crippen molar-refractivity contribution >= 4 is 17.7 Å². The number of rotatable bonds is 4. The molecule has 1 unspecified atom stereocenters. The molecule has 2 saturated heterocycles. The summed E-state index contributed by atoms with van der Waals surface area (Å²) in [4.78, 5) is 45.0. The number of hydrogen-bond donors (Lipinski definition) is 1. The summed E-state index contributed by atoms with van der Waals surface area (Å²) in [6.07, 6.45) is 4.10. The summed E-state index contributed by atoms with van der Waals surface area (Å²) in [5, 5.41) is 2.30. The van der Waals surface area contributed by atoms with Crippen molar-refractivity contribution in [1.29, 1.82) is 0 Å². The molecule has 1 atom stereocenters. The molecule has 2 aromatic rings. The second kappa shape index (κ2) is 8.83. The first-order chi connectivity index (χ1) is 17.0. The molecule has 1 aromatic carbocycles. The van der Waals surface area contributed by atoms with E-state index in [4.69, 9.17) is 4.74 Å². The van der Waals surface area contributed by atoms with Gasteiger partial charge in [-0.05, 0) is 55.5 Å². The number of halogens is 1. The number of aromatic nitrogens is 2. The lowest BCUT2D eigenvalue weighted by molar-refractivity contribution is -0.136. The molecule has 1 N–H and O–H groups in total. The molecule has 0 spiro atoms. The topological polar surface area (TPSA) is 96.8 Å². The molecule has 2 fully saturated rings. The van der Waals surface area contributed by atoms with Gasteiger partial charge in [-0.3, -0.25) is 24.6 Å². The van der Waals surface area contributed by atoms with E-state index in [1.807, 2.05) is 12.3 Å². The van der Waals surface area contributed by atoms with Gasteiger partial charge in [0.25, 0.3) is 5.91 Å². The van der Waals surface area contributed by atoms with E-state index in [-0.39, 0.29) is 36.5 Å². The molecule has 35 heavy (non-hydrogen) atoms. The maximum Gasteiger partial charge on any atom is 0.255 e. The zero-order chi connectivity index (χ0) is 24.1. The summed E-state index contributed by atoms with van der Waals surface area (Å²) in [5.41, 5.74) is 2.92. The number of nitrogens with one attached hydrogen (secondary N) is 1. The Morgan fingerprint density at radius 3 is 2.74 bits per heavy atom. The maximum atomic E-state index is 15.2. The van der Waals surface area contributed by atoms with Gasteiger partial charge in [-0.2, -0.15) is 0 Å². The van der Waals surface area contributed by atoms with E-state index in [2.05, 4.69) is 19.8 Å². The third kappa shape index (κ3) is 4.04. The summed E-state index contributed by atoms with van der Waals surface area (Å²) >= 11 is 0. The number of amides is 3. The quantitative estimate of drug-likeness (QED) is 0.668. The van der Waals surface area contributed by atoms with Crippen LogP contribution in [0.2, 0.25) is 0 Å². The van der Waals surface area contributed by atoms with Crippen LogP contribution in [-0.4, -0.2) is 62.8 Å². The zero-order valence-electron chi connectivity index (χ0n) is 19.5. The number of imide groups is 1. The summed E-state index contributed by atoms with van der Waals surface area (Å²) in [7, 11) is 0. The lowest BCUT2D eigenvalue weighted by Crippen LogP contribution is -2.52. The van der Waals surface area contributed by atoms with Crippen molar-refractivity contribution < 1.29 is 23.5 Å². The monoisotopic (exact) mass is 481 g/mol. The van der Waals surface area contributed by atoms with Gasteiger partial charge in [-0.1, -0.05) is 6.07 Å². The predicted molar refractivity (Wildman–Crippen MR) is 122 cm³/mol. The summed E-state index contributed by atoms with van der Waals surface area (Å²) in [6, 6.07) is 2.47. The minimum atomic E-state index is -0.691. The van der Waals surface area contributed by atoms with E-state index in [0.29, 0.717) is 30.8 Å². The Labute approximate surface area is 202 Å². The van der Waals surface area contributed by atoms with E-state index < -0.39 is 11.9 Å². The van der Waals surface area contributed by atoms with Crippen LogP contribution >= 0.6 is 0 Å². The highest BCUT2D eigenvalue weighted by Crippen LogP contribution is 2.35. The molecule has 0 saturated carbocycles. The lowest BCUT2D eigenvalue weighted by atomic mass is 9.87. The fourth-order valence-electron chi connectivity index (χ4n) is 5.84. The third-order valence-corrected chi connectivity index (χ3v) is 7.77. The molecule has 9 nitrogen and oxygen atoms in total. The highest BCUT2D eigenvalue weighted by Gasteiger charge is 2.40. The second-order valence-corrected chi connectivity index (χ2v) is 9.85. The number of carbonyl (C=O) groups is 3. The van der Waals surface area contributed by atoms with Crippen LogP contribution in [0.5, 0.6) is 0 Å². The number of piperidine rings is 2. The Kier molecular flexibility index (Phi) is 5.64. The maximum absolute atomic E-state index is 15.2. The molecule has 4 aliphatic rings. The average Bonchev–Trinajstić information content (AvgIpc) is 3.40. The van der Waals surface area contributed by atoms with Gasteiger partial charge >= 0.3 is 0 Å². The van der Waals surface area contributed by atoms with Gasteiger partial charge < -0.3 is 14.2 Å². The third-order valence-electron chi connectivity index (χ3n) is 7.77. The van der Waals surface area contributed by atoms with Crippen molar-refractivity contribution in [3.05, 3.63) is 52.4 Å². The molecular formula is C25H28FN5O4. The van der Waals surface area contributed by atoms with Gasteiger partial charge in [0.15, 0.2) is 0 Å². The highest BCUT2D eigenvalue weighted by molar-refractivity contribution is 6.05. The van der Waals surface area contributed by atoms with Crippen molar-refractivity contribution in [3.8, 4) is 0 Å². The molecule has 6 rings (SSSR count). The van der Waals surface area contributed by atoms with Crippen LogP contribution in [0.25, 0.3) is 0 Å². The van der Waals surface area contributed by atoms with Crippen LogP contribution < -0.4 is 5.32 Å². The molecule has 3 amide bonds. The van der Waals surface area contributed by atoms with Gasteiger partial charge in [-0.15, -0.1) is 0 Å². The summed E-state index contributed by atoms with van der Waals surface area (Å²) < 4.78 is 22.9. The van der Waals surface area contributed by atoms with E-state index in [1.54, 1.807) is 0 Å². The van der Waals surface area contributed by atoms with Crippen molar-refractivity contribution in [2.45, 2.75) is 63.9 Å². The first kappa shape index (κ1) is 22.4. The molecule has 10 heteroatoms. The zero-order valence-corrected chi connectivity index (χ0v) is 19.5. The van der Waals surface area contributed by atoms with Gasteiger partial charge in [0.1, 0.15) is 24.3 Å². The van der Waals surface area contributed by atoms with Gasteiger partial charge in [-0.25, -0.2) is 9.37 Å². The fraction of sp³-hybridized carbons (Fsp3) is 0.520. The number of hydrogen-bond acceptors (Lipinski definition) is 6. The Balaban J connectivity index is 1.13. The summed E-state index contributed by atoms with van der Waals surface area (Å²) in [5.74, 6) is -0.416. The molecule has 184 valence electrons. The smallest absolute Gasteiger partial charge is 0.255 e. The van der Waals surface area contributed by atoms with Crippen molar-refractivity contribution in [1.82, 2.24) is 24.7 Å². The van der Waals surface area contributed by atoms with Crippen LogP contribution in [0.15, 0.2) is 18.3 Å². The number of ether oxygens (including phenoxy) is 1. The molecule has 0 bridgehead atoms. The van der Waals surface area contributed by atoms with Crippen LogP contribution in [0.3, 0.4) is 0 Å². The number of carbonyl (C=O) groups excluding carboxylic acids is 3. The first-order valence-corrected chi connectivity index (χ1v) is 12.3. The van der Waals surface area contributed by atoms with Gasteiger partial charge in [0.2, 0.25) is 11.8 Å². The van der Waals surface area contributed by atoms with E-state index >= 15 is 4.39 Å². The van der Waals surface area contributed by atoms with E-state index in [1.165, 1.54) is 16.7 Å². The summed E-state index contributed by atoms with van der Waals surface area (Å²) in [6.45, 7) is 4.90. The van der Waals surface area contributed by atoms with Crippen LogP contribution in [0.1, 0.15) is 64.6 Å². The first-order valence-electron chi connectivity index (χ1n) is 12.3. The largest absolute Gasteiger partial charge is 0.372 e. The van der Waals surface area contributed by atoms with Gasteiger partial charge in [0, 0.05) is 37.8 Å². The fourth-order valence-corrected chi connectivity index (χ4v) is 5.84. The Hall–Kier alpha value is -3.11.